The van der Waals surface area contributed by atoms with Crippen molar-refractivity contribution in [3.63, 3.8) is 0 Å². The van der Waals surface area contributed by atoms with Gasteiger partial charge in [-0.1, -0.05) is 6.07 Å². The number of benzene rings is 2. The first-order valence-corrected chi connectivity index (χ1v) is 7.88. The number of hydrogen-bond donors (Lipinski definition) is 3. The van der Waals surface area contributed by atoms with E-state index in [1.807, 2.05) is 0 Å². The van der Waals surface area contributed by atoms with Gasteiger partial charge in [0.05, 0.1) is 28.6 Å². The first-order chi connectivity index (χ1) is 12.5. The molecule has 0 atom stereocenters. The van der Waals surface area contributed by atoms with Crippen molar-refractivity contribution >= 4 is 23.2 Å². The topological polar surface area (TPSA) is 107 Å². The lowest BCUT2D eigenvalue weighted by Gasteiger charge is -2.17. The van der Waals surface area contributed by atoms with Crippen molar-refractivity contribution in [2.75, 3.05) is 11.1 Å². The smallest absolute Gasteiger partial charge is 0.418 e. The third kappa shape index (κ3) is 4.69. The second-order valence-electron chi connectivity index (χ2n) is 5.96. The molecule has 2 amide bonds. The molecule has 0 heterocycles. The van der Waals surface area contributed by atoms with E-state index >= 15 is 0 Å². The van der Waals surface area contributed by atoms with Gasteiger partial charge in [-0.3, -0.25) is 9.59 Å². The van der Waals surface area contributed by atoms with Crippen LogP contribution in [0.3, 0.4) is 0 Å². The van der Waals surface area contributed by atoms with Crippen molar-refractivity contribution in [2.24, 2.45) is 5.73 Å². The van der Waals surface area contributed by atoms with Gasteiger partial charge in [-0.2, -0.15) is 13.2 Å². The van der Waals surface area contributed by atoms with Crippen LogP contribution in [0.1, 0.15) is 40.1 Å². The normalized spacial score (nSPS) is 11.3. The zero-order valence-corrected chi connectivity index (χ0v) is 14.6. The van der Waals surface area contributed by atoms with E-state index in [4.69, 9.17) is 16.2 Å². The highest BCUT2D eigenvalue weighted by Gasteiger charge is 2.34. The summed E-state index contributed by atoms with van der Waals surface area (Å²) in [5.74, 6) is -1.39. The van der Waals surface area contributed by atoms with Gasteiger partial charge >= 0.3 is 6.18 Å². The molecule has 144 valence electrons. The van der Waals surface area contributed by atoms with Crippen LogP contribution in [0.2, 0.25) is 0 Å². The standard InChI is InChI=1S/C18H18F3N3O3/c1-9(2)27-14-8-10(16(23)25)6-7-13(14)24-17(26)11-4-3-5-12(15(11)22)18(19,20)21/h3-9H,22H2,1-2H3,(H2,23,25)(H,24,26). The lowest BCUT2D eigenvalue weighted by Crippen LogP contribution is -2.19. The molecule has 0 aliphatic heterocycles. The zero-order chi connectivity index (χ0) is 20.4. The highest BCUT2D eigenvalue weighted by atomic mass is 19.4. The van der Waals surface area contributed by atoms with E-state index in [9.17, 15) is 22.8 Å². The van der Waals surface area contributed by atoms with Gasteiger partial charge in [-0.25, -0.2) is 0 Å². The number of amides is 2. The van der Waals surface area contributed by atoms with Crippen molar-refractivity contribution in [1.29, 1.82) is 0 Å². The molecule has 0 radical (unpaired) electrons. The highest BCUT2D eigenvalue weighted by Crippen LogP contribution is 2.35. The van der Waals surface area contributed by atoms with E-state index in [2.05, 4.69) is 5.32 Å². The molecule has 0 aliphatic rings. The predicted octanol–water partition coefficient (Wildman–Crippen LogP) is 3.43. The Balaban J connectivity index is 2.40. The van der Waals surface area contributed by atoms with Crippen LogP contribution in [0, 0.1) is 0 Å². The number of halogens is 3. The number of nitrogens with one attached hydrogen (secondary N) is 1. The largest absolute Gasteiger partial charge is 0.489 e. The quantitative estimate of drug-likeness (QED) is 0.690. The molecule has 27 heavy (non-hydrogen) atoms. The number of nitrogens with two attached hydrogens (primary N) is 2. The van der Waals surface area contributed by atoms with Gasteiger partial charge in [-0.15, -0.1) is 0 Å². The minimum atomic E-state index is -4.69. The molecule has 2 rings (SSSR count). The number of rotatable bonds is 5. The van der Waals surface area contributed by atoms with Crippen molar-refractivity contribution in [2.45, 2.75) is 26.1 Å². The summed E-state index contributed by atoms with van der Waals surface area (Å²) < 4.78 is 44.5. The Kier molecular flexibility index (Phi) is 5.63. The van der Waals surface area contributed by atoms with Gasteiger partial charge in [0.2, 0.25) is 5.91 Å². The van der Waals surface area contributed by atoms with E-state index in [1.54, 1.807) is 13.8 Å². The first-order valence-electron chi connectivity index (χ1n) is 7.88. The summed E-state index contributed by atoms with van der Waals surface area (Å²) in [6, 6.07) is 7.14. The molecule has 5 N–H and O–H groups in total. The molecule has 0 unspecified atom stereocenters. The van der Waals surface area contributed by atoms with Crippen molar-refractivity contribution in [1.82, 2.24) is 0 Å². The molecular weight excluding hydrogens is 363 g/mol. The van der Waals surface area contributed by atoms with Gasteiger partial charge < -0.3 is 21.5 Å². The van der Waals surface area contributed by atoms with Crippen LogP contribution in [-0.2, 0) is 6.18 Å². The Bertz CT molecular complexity index is 880. The summed E-state index contributed by atoms with van der Waals surface area (Å²) in [6.07, 6.45) is -4.97. The highest BCUT2D eigenvalue weighted by molar-refractivity contribution is 6.09. The molecule has 0 aliphatic carbocycles. The number of carbonyl (C=O) groups is 2. The van der Waals surface area contributed by atoms with Gasteiger partial charge in [0.1, 0.15) is 5.75 Å². The van der Waals surface area contributed by atoms with E-state index < -0.39 is 29.2 Å². The molecule has 9 heteroatoms. The summed E-state index contributed by atoms with van der Waals surface area (Å²) >= 11 is 0. The summed E-state index contributed by atoms with van der Waals surface area (Å²) in [7, 11) is 0. The summed E-state index contributed by atoms with van der Waals surface area (Å²) in [6.45, 7) is 3.46. The molecule has 0 saturated heterocycles. The van der Waals surface area contributed by atoms with Gasteiger partial charge in [0, 0.05) is 5.56 Å². The van der Waals surface area contributed by atoms with E-state index in [0.29, 0.717) is 0 Å². The fourth-order valence-electron chi connectivity index (χ4n) is 2.33. The lowest BCUT2D eigenvalue weighted by atomic mass is 10.1. The fraction of sp³-hybridized carbons (Fsp3) is 0.222. The van der Waals surface area contributed by atoms with Crippen molar-refractivity contribution in [3.8, 4) is 5.75 Å². The lowest BCUT2D eigenvalue weighted by molar-refractivity contribution is -0.136. The number of carbonyl (C=O) groups excluding carboxylic acids is 2. The van der Waals surface area contributed by atoms with Crippen molar-refractivity contribution in [3.05, 3.63) is 53.1 Å². The summed E-state index contributed by atoms with van der Waals surface area (Å²) in [5.41, 5.74) is 8.97. The number of alkyl halides is 3. The Morgan fingerprint density at radius 1 is 1.15 bits per heavy atom. The molecule has 0 spiro atoms. The monoisotopic (exact) mass is 381 g/mol. The second-order valence-corrected chi connectivity index (χ2v) is 5.96. The third-order valence-corrected chi connectivity index (χ3v) is 3.53. The average molecular weight is 381 g/mol. The molecule has 0 fully saturated rings. The van der Waals surface area contributed by atoms with Gasteiger partial charge in [-0.05, 0) is 44.2 Å². The maximum atomic E-state index is 13.0. The van der Waals surface area contributed by atoms with Gasteiger partial charge in [0.15, 0.2) is 0 Å². The van der Waals surface area contributed by atoms with Crippen LogP contribution >= 0.6 is 0 Å². The molecule has 2 aromatic rings. The average Bonchev–Trinajstić information content (AvgIpc) is 2.54. The molecule has 0 bridgehead atoms. The molecular formula is C18H18F3N3O3. The number of nitrogen functional groups attached to an aromatic ring is 1. The maximum Gasteiger partial charge on any atom is 0.418 e. The third-order valence-electron chi connectivity index (χ3n) is 3.53. The number of hydrogen-bond acceptors (Lipinski definition) is 4. The summed E-state index contributed by atoms with van der Waals surface area (Å²) in [5, 5.41) is 2.45. The number of primary amides is 1. The SMILES string of the molecule is CC(C)Oc1cc(C(N)=O)ccc1NC(=O)c1cccc(C(F)(F)F)c1N. The molecule has 2 aromatic carbocycles. The van der Waals surface area contributed by atoms with Crippen molar-refractivity contribution < 1.29 is 27.5 Å². The van der Waals surface area contributed by atoms with E-state index in [0.717, 1.165) is 12.1 Å². The second kappa shape index (κ2) is 7.56. The molecule has 0 aromatic heterocycles. The summed E-state index contributed by atoms with van der Waals surface area (Å²) in [4.78, 5) is 23.8. The minimum absolute atomic E-state index is 0.153. The Labute approximate surface area is 153 Å². The molecule has 0 saturated carbocycles. The Morgan fingerprint density at radius 2 is 1.81 bits per heavy atom. The number of ether oxygens (including phenoxy) is 1. The van der Waals surface area contributed by atoms with Crippen LogP contribution < -0.4 is 21.5 Å². The fourth-order valence-corrected chi connectivity index (χ4v) is 2.33. The van der Waals surface area contributed by atoms with E-state index in [-0.39, 0.29) is 28.7 Å². The number of anilines is 2. The van der Waals surface area contributed by atoms with Crippen LogP contribution in [0.15, 0.2) is 36.4 Å². The van der Waals surface area contributed by atoms with Gasteiger partial charge in [0.25, 0.3) is 5.91 Å². The zero-order valence-electron chi connectivity index (χ0n) is 14.6. The van der Waals surface area contributed by atoms with Crippen LogP contribution in [0.25, 0.3) is 0 Å². The number of para-hydroxylation sites is 1. The van der Waals surface area contributed by atoms with Crippen LogP contribution in [0.5, 0.6) is 5.75 Å². The van der Waals surface area contributed by atoms with Crippen LogP contribution in [-0.4, -0.2) is 17.9 Å². The Hall–Kier alpha value is -3.23. The predicted molar refractivity (Wildman–Crippen MR) is 94.5 cm³/mol. The minimum Gasteiger partial charge on any atom is -0.489 e. The molecule has 6 nitrogen and oxygen atoms in total. The van der Waals surface area contributed by atoms with Crippen LogP contribution in [0.4, 0.5) is 24.5 Å². The Morgan fingerprint density at radius 3 is 2.37 bits per heavy atom. The maximum absolute atomic E-state index is 13.0. The first kappa shape index (κ1) is 20.1. The van der Waals surface area contributed by atoms with E-state index in [1.165, 1.54) is 24.3 Å².